The molecule has 0 saturated carbocycles. The number of aromatic nitrogens is 2. The number of hydrogen-bond donors (Lipinski definition) is 0. The van der Waals surface area contributed by atoms with Crippen molar-refractivity contribution in [1.82, 2.24) is 10.2 Å². The fraction of sp³-hybridized carbons (Fsp3) is 0.333. The molecule has 0 radical (unpaired) electrons. The Labute approximate surface area is 94.3 Å². The van der Waals surface area contributed by atoms with E-state index in [1.54, 1.807) is 6.20 Å². The highest BCUT2D eigenvalue weighted by atomic mass is 35.5. The molecule has 1 aromatic heterocycles. The average molecular weight is 221 g/mol. The van der Waals surface area contributed by atoms with Crippen molar-refractivity contribution in [2.45, 2.75) is 25.1 Å². The second-order valence-corrected chi connectivity index (χ2v) is 4.21. The van der Waals surface area contributed by atoms with E-state index in [4.69, 9.17) is 11.6 Å². The Morgan fingerprint density at radius 3 is 2.93 bits per heavy atom. The number of nitrogens with zero attached hydrogens (tertiary/aromatic N) is 2. The Morgan fingerprint density at radius 2 is 2.13 bits per heavy atom. The van der Waals surface area contributed by atoms with Gasteiger partial charge in [-0.2, -0.15) is 10.2 Å². The zero-order valence-electron chi connectivity index (χ0n) is 8.65. The molecule has 0 aliphatic carbocycles. The van der Waals surface area contributed by atoms with Crippen LogP contribution in [-0.2, 0) is 6.42 Å². The third-order valence-corrected chi connectivity index (χ3v) is 2.97. The van der Waals surface area contributed by atoms with Gasteiger partial charge in [-0.1, -0.05) is 31.2 Å². The first-order chi connectivity index (χ1) is 7.31. The van der Waals surface area contributed by atoms with Crippen LogP contribution in [0.2, 0.25) is 0 Å². The van der Waals surface area contributed by atoms with Crippen molar-refractivity contribution in [2.24, 2.45) is 0 Å². The van der Waals surface area contributed by atoms with Gasteiger partial charge in [0.25, 0.3) is 0 Å². The molecule has 3 heteroatoms. The Hall–Kier alpha value is -1.15. The molecule has 2 rings (SSSR count). The molecule has 0 N–H and O–H groups in total. The zero-order chi connectivity index (χ0) is 10.7. The molecule has 0 bridgehead atoms. The van der Waals surface area contributed by atoms with Gasteiger partial charge in [0, 0.05) is 22.6 Å². The first kappa shape index (κ1) is 10.4. The molecule has 1 unspecified atom stereocenters. The summed E-state index contributed by atoms with van der Waals surface area (Å²) in [4.78, 5) is 0. The van der Waals surface area contributed by atoms with E-state index < -0.39 is 0 Å². The SMILES string of the molecule is CCC(Cl)Cc1nncc2ccccc12. The van der Waals surface area contributed by atoms with E-state index in [-0.39, 0.29) is 5.38 Å². The van der Waals surface area contributed by atoms with Crippen molar-refractivity contribution in [3.8, 4) is 0 Å². The van der Waals surface area contributed by atoms with E-state index in [2.05, 4.69) is 23.2 Å². The summed E-state index contributed by atoms with van der Waals surface area (Å²) in [6.45, 7) is 2.08. The van der Waals surface area contributed by atoms with E-state index in [1.165, 1.54) is 0 Å². The maximum atomic E-state index is 6.13. The highest BCUT2D eigenvalue weighted by Crippen LogP contribution is 2.18. The number of alkyl halides is 1. The summed E-state index contributed by atoms with van der Waals surface area (Å²) in [5.41, 5.74) is 0.995. The molecule has 0 amide bonds. The van der Waals surface area contributed by atoms with Gasteiger partial charge in [0.05, 0.1) is 11.9 Å². The summed E-state index contributed by atoms with van der Waals surface area (Å²) in [7, 11) is 0. The quantitative estimate of drug-likeness (QED) is 0.743. The fourth-order valence-electron chi connectivity index (χ4n) is 1.59. The van der Waals surface area contributed by atoms with Crippen LogP contribution < -0.4 is 0 Å². The third-order valence-electron chi connectivity index (χ3n) is 2.50. The van der Waals surface area contributed by atoms with Crippen LogP contribution in [-0.4, -0.2) is 15.6 Å². The minimum Gasteiger partial charge on any atom is -0.158 e. The normalized spacial score (nSPS) is 12.9. The van der Waals surface area contributed by atoms with Gasteiger partial charge in [-0.05, 0) is 6.42 Å². The summed E-state index contributed by atoms with van der Waals surface area (Å²) < 4.78 is 0. The Kier molecular flexibility index (Phi) is 3.17. The van der Waals surface area contributed by atoms with Crippen molar-refractivity contribution in [3.63, 3.8) is 0 Å². The maximum absolute atomic E-state index is 6.13. The molecular weight excluding hydrogens is 208 g/mol. The Morgan fingerprint density at radius 1 is 1.33 bits per heavy atom. The van der Waals surface area contributed by atoms with Gasteiger partial charge in [-0.15, -0.1) is 11.6 Å². The molecule has 1 aromatic carbocycles. The Bertz CT molecular complexity index is 451. The molecule has 78 valence electrons. The highest BCUT2D eigenvalue weighted by Gasteiger charge is 2.08. The summed E-state index contributed by atoms with van der Waals surface area (Å²) >= 11 is 6.13. The van der Waals surface area contributed by atoms with Crippen LogP contribution in [0.1, 0.15) is 19.0 Å². The molecule has 0 saturated heterocycles. The predicted molar refractivity (Wildman–Crippen MR) is 63.2 cm³/mol. The smallest absolute Gasteiger partial charge is 0.0723 e. The molecule has 0 spiro atoms. The van der Waals surface area contributed by atoms with Crippen molar-refractivity contribution >= 4 is 22.4 Å². The maximum Gasteiger partial charge on any atom is 0.0723 e. The molecule has 0 aliphatic rings. The van der Waals surface area contributed by atoms with E-state index in [0.717, 1.165) is 29.3 Å². The monoisotopic (exact) mass is 220 g/mol. The van der Waals surface area contributed by atoms with E-state index >= 15 is 0 Å². The van der Waals surface area contributed by atoms with Crippen LogP contribution in [0.25, 0.3) is 10.8 Å². The number of halogens is 1. The van der Waals surface area contributed by atoms with Gasteiger partial charge < -0.3 is 0 Å². The molecule has 0 fully saturated rings. The minimum atomic E-state index is 0.144. The van der Waals surface area contributed by atoms with Crippen molar-refractivity contribution in [3.05, 3.63) is 36.2 Å². The predicted octanol–water partition coefficient (Wildman–Crippen LogP) is 3.19. The van der Waals surface area contributed by atoms with Crippen LogP contribution in [0, 0.1) is 0 Å². The molecule has 15 heavy (non-hydrogen) atoms. The van der Waals surface area contributed by atoms with E-state index in [9.17, 15) is 0 Å². The average Bonchev–Trinajstić information content (AvgIpc) is 2.29. The number of rotatable bonds is 3. The first-order valence-corrected chi connectivity index (χ1v) is 5.58. The standard InChI is InChI=1S/C12H13ClN2/c1-2-10(13)7-12-11-6-4-3-5-9(11)8-14-15-12/h3-6,8,10H,2,7H2,1H3. The number of fused-ring (bicyclic) bond motifs is 1. The van der Waals surface area contributed by atoms with Crippen LogP contribution in [0.15, 0.2) is 30.5 Å². The largest absolute Gasteiger partial charge is 0.158 e. The zero-order valence-corrected chi connectivity index (χ0v) is 9.41. The van der Waals surface area contributed by atoms with E-state index in [1.807, 2.05) is 18.2 Å². The summed E-state index contributed by atoms with van der Waals surface area (Å²) in [5.74, 6) is 0. The Balaban J connectivity index is 2.42. The van der Waals surface area contributed by atoms with Crippen LogP contribution in [0.3, 0.4) is 0 Å². The lowest BCUT2D eigenvalue weighted by Crippen LogP contribution is -2.04. The molecule has 2 nitrogen and oxygen atoms in total. The van der Waals surface area contributed by atoms with Crippen LogP contribution >= 0.6 is 11.6 Å². The molecule has 0 aliphatic heterocycles. The lowest BCUT2D eigenvalue weighted by molar-refractivity contribution is 0.776. The highest BCUT2D eigenvalue weighted by molar-refractivity contribution is 6.20. The lowest BCUT2D eigenvalue weighted by atomic mass is 10.1. The van der Waals surface area contributed by atoms with Gasteiger partial charge in [-0.3, -0.25) is 0 Å². The fourth-order valence-corrected chi connectivity index (χ4v) is 1.74. The number of benzene rings is 1. The van der Waals surface area contributed by atoms with Crippen LogP contribution in [0.5, 0.6) is 0 Å². The van der Waals surface area contributed by atoms with Gasteiger partial charge in [0.1, 0.15) is 0 Å². The minimum absolute atomic E-state index is 0.144. The molecule has 2 aromatic rings. The lowest BCUT2D eigenvalue weighted by Gasteiger charge is -2.07. The summed E-state index contributed by atoms with van der Waals surface area (Å²) in [5, 5.41) is 10.6. The van der Waals surface area contributed by atoms with Crippen molar-refractivity contribution in [1.29, 1.82) is 0 Å². The van der Waals surface area contributed by atoms with Gasteiger partial charge in [0.2, 0.25) is 0 Å². The molecule has 1 heterocycles. The van der Waals surface area contributed by atoms with E-state index in [0.29, 0.717) is 0 Å². The second kappa shape index (κ2) is 4.58. The first-order valence-electron chi connectivity index (χ1n) is 5.14. The molecular formula is C12H13ClN2. The van der Waals surface area contributed by atoms with Crippen LogP contribution in [0.4, 0.5) is 0 Å². The number of hydrogen-bond acceptors (Lipinski definition) is 2. The molecule has 1 atom stereocenters. The second-order valence-electron chi connectivity index (χ2n) is 3.59. The van der Waals surface area contributed by atoms with Gasteiger partial charge >= 0.3 is 0 Å². The summed E-state index contributed by atoms with van der Waals surface area (Å²) in [6.07, 6.45) is 3.52. The summed E-state index contributed by atoms with van der Waals surface area (Å²) in [6, 6.07) is 8.13. The van der Waals surface area contributed by atoms with Gasteiger partial charge in [-0.25, -0.2) is 0 Å². The van der Waals surface area contributed by atoms with Crippen molar-refractivity contribution in [2.75, 3.05) is 0 Å². The topological polar surface area (TPSA) is 25.8 Å². The third kappa shape index (κ3) is 2.26. The van der Waals surface area contributed by atoms with Gasteiger partial charge in [0.15, 0.2) is 0 Å². The van der Waals surface area contributed by atoms with Crippen molar-refractivity contribution < 1.29 is 0 Å².